The fourth-order valence-electron chi connectivity index (χ4n) is 2.86. The second kappa shape index (κ2) is 6.44. The number of aliphatic hydroxyl groups excluding tert-OH is 1. The van der Waals surface area contributed by atoms with Gasteiger partial charge in [0.2, 0.25) is 0 Å². The molecule has 130 valence electrons. The normalized spacial score (nSPS) is 18.1. The number of aromatic nitrogens is 1. The van der Waals surface area contributed by atoms with Crippen LogP contribution in [0.3, 0.4) is 0 Å². The van der Waals surface area contributed by atoms with Crippen molar-refractivity contribution in [1.82, 2.24) is 9.88 Å². The molecule has 0 aliphatic carbocycles. The smallest absolute Gasteiger partial charge is 0.290 e. The summed E-state index contributed by atoms with van der Waals surface area (Å²) in [5.74, 6) is -1.20. The summed E-state index contributed by atoms with van der Waals surface area (Å²) in [6.45, 7) is 5.58. The summed E-state index contributed by atoms with van der Waals surface area (Å²) in [4.78, 5) is 32.2. The number of aliphatic hydroxyl groups is 1. The highest BCUT2D eigenvalue weighted by molar-refractivity contribution is 7.10. The third-order valence-corrected chi connectivity index (χ3v) is 5.03. The molecular weight excluding hydrogens is 336 g/mol. The third kappa shape index (κ3) is 3.22. The fourth-order valence-corrected chi connectivity index (χ4v) is 3.71. The maximum absolute atomic E-state index is 12.9. The standard InChI is InChI=1S/C19H20N2O3S/c1-19(2,3)17(23)14-15(13-8-6-10-25-13)21(18(24)16(14)22)11-12-7-4-5-9-20-12/h4-10,15,22H,11H2,1-3H3. The molecular formula is C19H20N2O3S. The zero-order valence-electron chi connectivity index (χ0n) is 14.4. The van der Waals surface area contributed by atoms with Gasteiger partial charge in [-0.2, -0.15) is 0 Å². The van der Waals surface area contributed by atoms with Gasteiger partial charge in [0.15, 0.2) is 11.5 Å². The van der Waals surface area contributed by atoms with Crippen LogP contribution in [0.1, 0.15) is 37.4 Å². The number of amides is 1. The highest BCUT2D eigenvalue weighted by atomic mass is 32.1. The SMILES string of the molecule is CC(C)(C)C(=O)C1=C(O)C(=O)N(Cc2ccccn2)C1c1cccs1. The summed E-state index contributed by atoms with van der Waals surface area (Å²) in [5.41, 5.74) is 0.186. The largest absolute Gasteiger partial charge is 0.503 e. The maximum atomic E-state index is 12.9. The van der Waals surface area contributed by atoms with Crippen molar-refractivity contribution >= 4 is 23.0 Å². The van der Waals surface area contributed by atoms with Crippen molar-refractivity contribution in [1.29, 1.82) is 0 Å². The molecule has 25 heavy (non-hydrogen) atoms. The van der Waals surface area contributed by atoms with E-state index in [1.54, 1.807) is 33.0 Å². The summed E-state index contributed by atoms with van der Waals surface area (Å²) in [5, 5.41) is 12.4. The average molecular weight is 356 g/mol. The van der Waals surface area contributed by atoms with Crippen molar-refractivity contribution in [2.45, 2.75) is 33.4 Å². The number of nitrogens with zero attached hydrogens (tertiary/aromatic N) is 2. The van der Waals surface area contributed by atoms with Crippen LogP contribution in [0.2, 0.25) is 0 Å². The molecule has 2 aromatic heterocycles. The first kappa shape index (κ1) is 17.4. The highest BCUT2D eigenvalue weighted by Crippen LogP contribution is 2.42. The predicted molar refractivity (Wildman–Crippen MR) is 96.0 cm³/mol. The molecule has 0 fully saturated rings. The van der Waals surface area contributed by atoms with Crippen LogP contribution in [0, 0.1) is 5.41 Å². The molecule has 5 nitrogen and oxygen atoms in total. The quantitative estimate of drug-likeness (QED) is 0.908. The second-order valence-electron chi connectivity index (χ2n) is 7.01. The van der Waals surface area contributed by atoms with Gasteiger partial charge in [0.1, 0.15) is 0 Å². The lowest BCUT2D eigenvalue weighted by Gasteiger charge is -2.27. The number of rotatable bonds is 4. The monoisotopic (exact) mass is 356 g/mol. The van der Waals surface area contributed by atoms with Gasteiger partial charge in [0, 0.05) is 16.5 Å². The molecule has 6 heteroatoms. The lowest BCUT2D eigenvalue weighted by Crippen LogP contribution is -2.32. The summed E-state index contributed by atoms with van der Waals surface area (Å²) < 4.78 is 0. The van der Waals surface area contributed by atoms with Crippen LogP contribution in [-0.2, 0) is 16.1 Å². The molecule has 0 saturated carbocycles. The molecule has 0 saturated heterocycles. The molecule has 3 heterocycles. The topological polar surface area (TPSA) is 70.5 Å². The van der Waals surface area contributed by atoms with E-state index in [1.165, 1.54) is 16.2 Å². The van der Waals surface area contributed by atoms with Crippen LogP contribution in [0.5, 0.6) is 0 Å². The molecule has 3 rings (SSSR count). The second-order valence-corrected chi connectivity index (χ2v) is 7.99. The van der Waals surface area contributed by atoms with Gasteiger partial charge in [0.05, 0.1) is 23.9 Å². The van der Waals surface area contributed by atoms with Crippen LogP contribution < -0.4 is 0 Å². The van der Waals surface area contributed by atoms with Crippen LogP contribution in [-0.4, -0.2) is 26.7 Å². The zero-order valence-corrected chi connectivity index (χ0v) is 15.2. The molecule has 1 N–H and O–H groups in total. The molecule has 1 atom stereocenters. The number of hydrogen-bond donors (Lipinski definition) is 1. The van der Waals surface area contributed by atoms with Gasteiger partial charge in [-0.05, 0) is 23.6 Å². The maximum Gasteiger partial charge on any atom is 0.290 e. The van der Waals surface area contributed by atoms with E-state index < -0.39 is 23.1 Å². The first-order chi connectivity index (χ1) is 11.8. The van der Waals surface area contributed by atoms with Crippen LogP contribution in [0.4, 0.5) is 0 Å². The summed E-state index contributed by atoms with van der Waals surface area (Å²) in [6, 6.07) is 8.63. The molecule has 0 bridgehead atoms. The van der Waals surface area contributed by atoms with E-state index in [0.717, 1.165) is 4.88 Å². The number of thiophene rings is 1. The number of Topliss-reactive ketones (excluding diaryl/α,β-unsaturated/α-hetero) is 1. The van der Waals surface area contributed by atoms with Gasteiger partial charge in [-0.3, -0.25) is 14.6 Å². The summed E-state index contributed by atoms with van der Waals surface area (Å²) in [7, 11) is 0. The molecule has 0 aromatic carbocycles. The van der Waals surface area contributed by atoms with Gasteiger partial charge in [0.25, 0.3) is 5.91 Å². The van der Waals surface area contributed by atoms with Gasteiger partial charge in [-0.15, -0.1) is 11.3 Å². The minimum Gasteiger partial charge on any atom is -0.503 e. The Kier molecular flexibility index (Phi) is 4.47. The van der Waals surface area contributed by atoms with E-state index >= 15 is 0 Å². The zero-order chi connectivity index (χ0) is 18.2. The molecule has 0 radical (unpaired) electrons. The Morgan fingerprint density at radius 1 is 1.28 bits per heavy atom. The molecule has 1 aliphatic rings. The molecule has 2 aromatic rings. The van der Waals surface area contributed by atoms with Gasteiger partial charge >= 0.3 is 0 Å². The van der Waals surface area contributed by atoms with Crippen LogP contribution >= 0.6 is 11.3 Å². The van der Waals surface area contributed by atoms with Crippen molar-refractivity contribution in [2.24, 2.45) is 5.41 Å². The summed E-state index contributed by atoms with van der Waals surface area (Å²) >= 11 is 1.46. The number of carbonyl (C=O) groups is 2. The average Bonchev–Trinajstić information content (AvgIpc) is 3.17. The molecule has 1 aliphatic heterocycles. The predicted octanol–water partition coefficient (Wildman–Crippen LogP) is 3.65. The Morgan fingerprint density at radius 2 is 2.04 bits per heavy atom. The van der Waals surface area contributed by atoms with Gasteiger partial charge < -0.3 is 10.0 Å². The Balaban J connectivity index is 2.05. The summed E-state index contributed by atoms with van der Waals surface area (Å²) in [6.07, 6.45) is 1.66. The van der Waals surface area contributed by atoms with E-state index in [9.17, 15) is 14.7 Å². The van der Waals surface area contributed by atoms with E-state index in [-0.39, 0.29) is 17.9 Å². The van der Waals surface area contributed by atoms with E-state index in [2.05, 4.69) is 4.98 Å². The van der Waals surface area contributed by atoms with E-state index in [1.807, 2.05) is 29.6 Å². The lowest BCUT2D eigenvalue weighted by molar-refractivity contribution is -0.130. The fraction of sp³-hybridized carbons (Fsp3) is 0.316. The minimum atomic E-state index is -0.694. The number of carbonyl (C=O) groups excluding carboxylic acids is 2. The number of ketones is 1. The lowest BCUT2D eigenvalue weighted by atomic mass is 9.83. The van der Waals surface area contributed by atoms with Crippen molar-refractivity contribution in [3.8, 4) is 0 Å². The first-order valence-electron chi connectivity index (χ1n) is 8.03. The van der Waals surface area contributed by atoms with Crippen molar-refractivity contribution in [3.63, 3.8) is 0 Å². The van der Waals surface area contributed by atoms with Crippen molar-refractivity contribution in [3.05, 3.63) is 63.8 Å². The minimum absolute atomic E-state index is 0.177. The Bertz CT molecular complexity index is 820. The number of hydrogen-bond acceptors (Lipinski definition) is 5. The highest BCUT2D eigenvalue weighted by Gasteiger charge is 2.46. The molecule has 0 spiro atoms. The Morgan fingerprint density at radius 3 is 2.60 bits per heavy atom. The van der Waals surface area contributed by atoms with Crippen LogP contribution in [0.25, 0.3) is 0 Å². The molecule has 1 unspecified atom stereocenters. The van der Waals surface area contributed by atoms with Crippen molar-refractivity contribution < 1.29 is 14.7 Å². The van der Waals surface area contributed by atoms with Crippen LogP contribution in [0.15, 0.2) is 53.2 Å². The van der Waals surface area contributed by atoms with Gasteiger partial charge in [-0.25, -0.2) is 0 Å². The van der Waals surface area contributed by atoms with Gasteiger partial charge in [-0.1, -0.05) is 32.9 Å². The van der Waals surface area contributed by atoms with E-state index in [0.29, 0.717) is 5.69 Å². The Labute approximate surface area is 150 Å². The third-order valence-electron chi connectivity index (χ3n) is 4.10. The number of pyridine rings is 1. The molecule has 1 amide bonds. The first-order valence-corrected chi connectivity index (χ1v) is 8.91. The van der Waals surface area contributed by atoms with E-state index in [4.69, 9.17) is 0 Å². The van der Waals surface area contributed by atoms with Crippen molar-refractivity contribution in [2.75, 3.05) is 0 Å². The Hall–Kier alpha value is -2.47.